The van der Waals surface area contributed by atoms with E-state index in [4.69, 9.17) is 0 Å². The molecule has 0 bridgehead atoms. The molecule has 2 aromatic rings. The molecule has 1 amide bonds. The summed E-state index contributed by atoms with van der Waals surface area (Å²) in [6, 6.07) is 1.97. The zero-order chi connectivity index (χ0) is 15.7. The zero-order valence-corrected chi connectivity index (χ0v) is 13.5. The van der Waals surface area contributed by atoms with Gasteiger partial charge in [0.1, 0.15) is 0 Å². The number of H-pyrrole nitrogens is 1. The maximum absolute atomic E-state index is 12.9. The van der Waals surface area contributed by atoms with Crippen molar-refractivity contribution in [3.05, 3.63) is 34.9 Å². The van der Waals surface area contributed by atoms with Crippen molar-refractivity contribution >= 4 is 5.91 Å². The molecule has 1 fully saturated rings. The van der Waals surface area contributed by atoms with Crippen LogP contribution in [0.2, 0.25) is 0 Å². The number of aryl methyl sites for hydroxylation is 3. The van der Waals surface area contributed by atoms with Crippen LogP contribution in [0, 0.1) is 13.8 Å². The van der Waals surface area contributed by atoms with Crippen LogP contribution in [-0.2, 0) is 6.54 Å². The van der Waals surface area contributed by atoms with Gasteiger partial charge in [-0.1, -0.05) is 0 Å². The summed E-state index contributed by atoms with van der Waals surface area (Å²) in [6.07, 6.45) is 4.98. The number of piperidine rings is 1. The molecule has 6 heteroatoms. The highest BCUT2D eigenvalue weighted by Gasteiger charge is 2.31. The van der Waals surface area contributed by atoms with Gasteiger partial charge in [0.25, 0.3) is 5.91 Å². The summed E-state index contributed by atoms with van der Waals surface area (Å²) in [5, 5.41) is 11.6. The molecule has 1 saturated heterocycles. The maximum atomic E-state index is 12.9. The first-order chi connectivity index (χ1) is 10.6. The topological polar surface area (TPSA) is 66.8 Å². The number of aromatic amines is 1. The van der Waals surface area contributed by atoms with Crippen LogP contribution in [0.4, 0.5) is 0 Å². The average Bonchev–Trinajstić information content (AvgIpc) is 3.12. The minimum atomic E-state index is 0.0222. The molecule has 2 aromatic heterocycles. The fourth-order valence-corrected chi connectivity index (χ4v) is 3.25. The Kier molecular flexibility index (Phi) is 4.00. The Morgan fingerprint density at radius 3 is 2.86 bits per heavy atom. The highest BCUT2D eigenvalue weighted by Crippen LogP contribution is 2.32. The fraction of sp³-hybridized carbons (Fsp3) is 0.562. The molecule has 0 radical (unpaired) electrons. The van der Waals surface area contributed by atoms with E-state index in [1.165, 1.54) is 0 Å². The van der Waals surface area contributed by atoms with E-state index in [0.29, 0.717) is 5.69 Å². The van der Waals surface area contributed by atoms with E-state index in [1.807, 2.05) is 42.6 Å². The number of likely N-dealkylation sites (tertiary alicyclic amines) is 1. The van der Waals surface area contributed by atoms with Crippen molar-refractivity contribution in [3.63, 3.8) is 0 Å². The number of hydrogen-bond acceptors (Lipinski definition) is 3. The van der Waals surface area contributed by atoms with Gasteiger partial charge in [-0.25, -0.2) is 0 Å². The van der Waals surface area contributed by atoms with Gasteiger partial charge in [0, 0.05) is 18.8 Å². The lowest BCUT2D eigenvalue weighted by Gasteiger charge is -2.35. The monoisotopic (exact) mass is 301 g/mol. The van der Waals surface area contributed by atoms with Gasteiger partial charge in [-0.05, 0) is 51.7 Å². The molecule has 0 saturated carbocycles. The van der Waals surface area contributed by atoms with Crippen LogP contribution >= 0.6 is 0 Å². The lowest BCUT2D eigenvalue weighted by atomic mass is 9.97. The number of carbonyl (C=O) groups is 1. The summed E-state index contributed by atoms with van der Waals surface area (Å²) >= 11 is 0. The minimum Gasteiger partial charge on any atom is -0.329 e. The van der Waals surface area contributed by atoms with Crippen LogP contribution < -0.4 is 0 Å². The van der Waals surface area contributed by atoms with Crippen molar-refractivity contribution in [2.24, 2.45) is 0 Å². The van der Waals surface area contributed by atoms with Crippen molar-refractivity contribution in [1.82, 2.24) is 24.9 Å². The molecular formula is C16H23N5O. The van der Waals surface area contributed by atoms with Crippen molar-refractivity contribution < 1.29 is 4.79 Å². The van der Waals surface area contributed by atoms with Crippen LogP contribution in [0.5, 0.6) is 0 Å². The van der Waals surface area contributed by atoms with Crippen molar-refractivity contribution in [3.8, 4) is 0 Å². The maximum Gasteiger partial charge on any atom is 0.274 e. The molecule has 0 aliphatic carbocycles. The second-order valence-corrected chi connectivity index (χ2v) is 5.96. The molecule has 0 aromatic carbocycles. The van der Waals surface area contributed by atoms with E-state index in [2.05, 4.69) is 15.3 Å². The van der Waals surface area contributed by atoms with E-state index in [9.17, 15) is 4.79 Å². The van der Waals surface area contributed by atoms with Crippen molar-refractivity contribution in [2.75, 3.05) is 6.54 Å². The van der Waals surface area contributed by atoms with Crippen LogP contribution in [-0.4, -0.2) is 37.3 Å². The van der Waals surface area contributed by atoms with Crippen LogP contribution in [0.15, 0.2) is 12.3 Å². The number of rotatable bonds is 3. The largest absolute Gasteiger partial charge is 0.329 e. The molecule has 6 nitrogen and oxygen atoms in total. The van der Waals surface area contributed by atoms with Gasteiger partial charge >= 0.3 is 0 Å². The smallest absolute Gasteiger partial charge is 0.274 e. The summed E-state index contributed by atoms with van der Waals surface area (Å²) in [5.41, 5.74) is 3.74. The fourth-order valence-electron chi connectivity index (χ4n) is 3.25. The Hall–Kier alpha value is -2.11. The molecule has 0 unspecified atom stereocenters. The van der Waals surface area contributed by atoms with Crippen molar-refractivity contribution in [2.45, 2.75) is 52.6 Å². The second kappa shape index (κ2) is 5.94. The summed E-state index contributed by atoms with van der Waals surface area (Å²) in [4.78, 5) is 14.9. The predicted octanol–water partition coefficient (Wildman–Crippen LogP) is 2.61. The number of aromatic nitrogens is 4. The van der Waals surface area contributed by atoms with E-state index < -0.39 is 0 Å². The van der Waals surface area contributed by atoms with Gasteiger partial charge in [0.2, 0.25) is 0 Å². The Balaban J connectivity index is 1.90. The number of amides is 1. The molecule has 1 atom stereocenters. The van der Waals surface area contributed by atoms with Crippen LogP contribution in [0.1, 0.15) is 59.7 Å². The summed E-state index contributed by atoms with van der Waals surface area (Å²) in [5.74, 6) is 0.0222. The molecule has 118 valence electrons. The van der Waals surface area contributed by atoms with Crippen molar-refractivity contribution in [1.29, 1.82) is 0 Å². The second-order valence-electron chi connectivity index (χ2n) is 5.96. The SMILES string of the molecule is CCn1nc(C(=O)N2CCCC[C@H]2c2[nH]ncc2C)cc1C. The normalized spacial score (nSPS) is 18.7. The Bertz CT molecular complexity index is 672. The lowest BCUT2D eigenvalue weighted by molar-refractivity contribution is 0.0598. The Labute approximate surface area is 130 Å². The number of carbonyl (C=O) groups excluding carboxylic acids is 1. The Morgan fingerprint density at radius 1 is 1.41 bits per heavy atom. The van der Waals surface area contributed by atoms with Gasteiger partial charge in [0.05, 0.1) is 17.9 Å². The van der Waals surface area contributed by atoms with E-state index in [-0.39, 0.29) is 11.9 Å². The van der Waals surface area contributed by atoms with E-state index in [1.54, 1.807) is 0 Å². The molecule has 3 heterocycles. The number of hydrogen-bond donors (Lipinski definition) is 1. The summed E-state index contributed by atoms with van der Waals surface area (Å²) in [7, 11) is 0. The first kappa shape index (κ1) is 14.8. The zero-order valence-electron chi connectivity index (χ0n) is 13.5. The van der Waals surface area contributed by atoms with Gasteiger partial charge in [-0.2, -0.15) is 10.2 Å². The minimum absolute atomic E-state index is 0.0222. The quantitative estimate of drug-likeness (QED) is 0.947. The number of nitrogens with zero attached hydrogens (tertiary/aromatic N) is 4. The first-order valence-electron chi connectivity index (χ1n) is 7.97. The Morgan fingerprint density at radius 2 is 2.23 bits per heavy atom. The lowest BCUT2D eigenvalue weighted by Crippen LogP contribution is -2.39. The van der Waals surface area contributed by atoms with Gasteiger partial charge in [0.15, 0.2) is 5.69 Å². The highest BCUT2D eigenvalue weighted by molar-refractivity contribution is 5.92. The third-order valence-corrected chi connectivity index (χ3v) is 4.46. The molecule has 1 aliphatic heterocycles. The third kappa shape index (κ3) is 2.53. The molecule has 1 N–H and O–H groups in total. The standard InChI is InChI=1S/C16H23N5O/c1-4-21-12(3)9-13(19-21)16(22)20-8-6-5-7-14(20)15-11(2)10-17-18-15/h9-10,14H,4-8H2,1-3H3,(H,17,18)/t14-/m0/s1. The molecule has 3 rings (SSSR count). The predicted molar refractivity (Wildman–Crippen MR) is 83.6 cm³/mol. The third-order valence-electron chi connectivity index (χ3n) is 4.46. The number of nitrogens with one attached hydrogen (secondary N) is 1. The van der Waals surface area contributed by atoms with Crippen LogP contribution in [0.25, 0.3) is 0 Å². The summed E-state index contributed by atoms with van der Waals surface area (Å²) < 4.78 is 1.87. The van der Waals surface area contributed by atoms with Gasteiger partial charge < -0.3 is 4.90 Å². The highest BCUT2D eigenvalue weighted by atomic mass is 16.2. The molecule has 1 aliphatic rings. The average molecular weight is 301 g/mol. The molecular weight excluding hydrogens is 278 g/mol. The first-order valence-corrected chi connectivity index (χ1v) is 7.97. The van der Waals surface area contributed by atoms with Gasteiger partial charge in [-0.15, -0.1) is 0 Å². The van der Waals surface area contributed by atoms with E-state index >= 15 is 0 Å². The van der Waals surface area contributed by atoms with Crippen LogP contribution in [0.3, 0.4) is 0 Å². The van der Waals surface area contributed by atoms with Gasteiger partial charge in [-0.3, -0.25) is 14.6 Å². The van der Waals surface area contributed by atoms with E-state index in [0.717, 1.165) is 49.3 Å². The summed E-state index contributed by atoms with van der Waals surface area (Å²) in [6.45, 7) is 7.61. The molecule has 0 spiro atoms. The molecule has 22 heavy (non-hydrogen) atoms.